The molecule has 1 aromatic carbocycles. The fourth-order valence-corrected chi connectivity index (χ4v) is 2.73. The van der Waals surface area contributed by atoms with Gasteiger partial charge in [0.2, 0.25) is 0 Å². The predicted molar refractivity (Wildman–Crippen MR) is 89.5 cm³/mol. The number of nitrogens with one attached hydrogen (secondary N) is 2. The highest BCUT2D eigenvalue weighted by Crippen LogP contribution is 2.06. The smallest absolute Gasteiger partial charge is 0.168 e. The van der Waals surface area contributed by atoms with Gasteiger partial charge in [-0.05, 0) is 29.9 Å². The van der Waals surface area contributed by atoms with E-state index in [1.807, 2.05) is 18.0 Å². The molecule has 0 unspecified atom stereocenters. The average Bonchev–Trinajstić information content (AvgIpc) is 2.52. The third kappa shape index (κ3) is 5.87. The first-order valence-corrected chi connectivity index (χ1v) is 8.20. The van der Waals surface area contributed by atoms with E-state index in [-0.39, 0.29) is 5.82 Å². The summed E-state index contributed by atoms with van der Waals surface area (Å²) in [4.78, 5) is 3.54. The number of quaternary nitrogens is 1. The molecular formula is C16H25FN3OS+. The fraction of sp³-hybridized carbons (Fsp3) is 0.562. The van der Waals surface area contributed by atoms with E-state index < -0.39 is 0 Å². The van der Waals surface area contributed by atoms with E-state index in [1.165, 1.54) is 6.07 Å². The second-order valence-corrected chi connectivity index (χ2v) is 6.07. The minimum atomic E-state index is -0.210. The topological polar surface area (TPSA) is 28.9 Å². The molecule has 0 spiro atoms. The maximum atomic E-state index is 13.2. The van der Waals surface area contributed by atoms with Gasteiger partial charge in [0.25, 0.3) is 0 Å². The Hall–Kier alpha value is -1.24. The van der Waals surface area contributed by atoms with E-state index in [0.717, 1.165) is 51.4 Å². The van der Waals surface area contributed by atoms with Gasteiger partial charge in [0.1, 0.15) is 18.9 Å². The van der Waals surface area contributed by atoms with Crippen molar-refractivity contribution in [2.75, 3.05) is 46.4 Å². The van der Waals surface area contributed by atoms with E-state index in [0.29, 0.717) is 11.7 Å². The second kappa shape index (κ2) is 9.02. The highest BCUT2D eigenvalue weighted by molar-refractivity contribution is 7.80. The minimum absolute atomic E-state index is 0.210. The monoisotopic (exact) mass is 326 g/mol. The SMILES string of the molecule is CN(Cc1cccc(F)c1)C(=S)NCCC[NH+]1CCOCC1. The van der Waals surface area contributed by atoms with Crippen LogP contribution < -0.4 is 10.2 Å². The Morgan fingerprint density at radius 3 is 2.91 bits per heavy atom. The quantitative estimate of drug-likeness (QED) is 0.586. The minimum Gasteiger partial charge on any atom is -0.370 e. The molecule has 1 aliphatic rings. The van der Waals surface area contributed by atoms with Crippen LogP contribution in [0.5, 0.6) is 0 Å². The largest absolute Gasteiger partial charge is 0.370 e. The molecular weight excluding hydrogens is 301 g/mol. The third-order valence-corrected chi connectivity index (χ3v) is 4.29. The van der Waals surface area contributed by atoms with E-state index in [4.69, 9.17) is 17.0 Å². The number of rotatable bonds is 6. The van der Waals surface area contributed by atoms with Gasteiger partial charge in [0, 0.05) is 26.6 Å². The molecule has 0 amide bonds. The predicted octanol–water partition coefficient (Wildman–Crippen LogP) is 0.437. The Balaban J connectivity index is 1.63. The van der Waals surface area contributed by atoms with Crippen LogP contribution >= 0.6 is 12.2 Å². The van der Waals surface area contributed by atoms with Crippen LogP contribution in [0, 0.1) is 5.82 Å². The van der Waals surface area contributed by atoms with Crippen LogP contribution in [0.2, 0.25) is 0 Å². The number of benzene rings is 1. The van der Waals surface area contributed by atoms with Crippen molar-refractivity contribution in [2.24, 2.45) is 0 Å². The van der Waals surface area contributed by atoms with Crippen molar-refractivity contribution in [2.45, 2.75) is 13.0 Å². The summed E-state index contributed by atoms with van der Waals surface area (Å²) in [5.41, 5.74) is 0.921. The molecule has 6 heteroatoms. The molecule has 1 saturated heterocycles. The molecule has 1 aromatic rings. The lowest BCUT2D eigenvalue weighted by Crippen LogP contribution is -3.14. The summed E-state index contributed by atoms with van der Waals surface area (Å²) in [6, 6.07) is 6.62. The number of halogens is 1. The summed E-state index contributed by atoms with van der Waals surface area (Å²) in [7, 11) is 1.92. The summed E-state index contributed by atoms with van der Waals surface area (Å²) < 4.78 is 18.5. The van der Waals surface area contributed by atoms with Crippen molar-refractivity contribution in [3.05, 3.63) is 35.6 Å². The molecule has 1 fully saturated rings. The van der Waals surface area contributed by atoms with Gasteiger partial charge < -0.3 is 19.9 Å². The summed E-state index contributed by atoms with van der Waals surface area (Å²) in [6.45, 7) is 6.57. The maximum absolute atomic E-state index is 13.2. The highest BCUT2D eigenvalue weighted by atomic mass is 32.1. The van der Waals surface area contributed by atoms with Gasteiger partial charge in [0.05, 0.1) is 19.8 Å². The molecule has 4 nitrogen and oxygen atoms in total. The molecule has 1 aliphatic heterocycles. The third-order valence-electron chi connectivity index (χ3n) is 3.84. The first kappa shape index (κ1) is 17.1. The zero-order valence-corrected chi connectivity index (χ0v) is 13.9. The number of morpholine rings is 1. The summed E-state index contributed by atoms with van der Waals surface area (Å²) in [6.07, 6.45) is 1.09. The molecule has 2 rings (SSSR count). The van der Waals surface area contributed by atoms with Crippen molar-refractivity contribution in [3.8, 4) is 0 Å². The zero-order chi connectivity index (χ0) is 15.8. The molecule has 22 heavy (non-hydrogen) atoms. The fourth-order valence-electron chi connectivity index (χ4n) is 2.56. The van der Waals surface area contributed by atoms with Crippen molar-refractivity contribution in [1.82, 2.24) is 10.2 Å². The normalized spacial score (nSPS) is 15.5. The molecule has 0 radical (unpaired) electrons. The molecule has 1 heterocycles. The summed E-state index contributed by atoms with van der Waals surface area (Å²) in [5.74, 6) is -0.210. The number of thiocarbonyl (C=S) groups is 1. The Morgan fingerprint density at radius 2 is 2.18 bits per heavy atom. The highest BCUT2D eigenvalue weighted by Gasteiger charge is 2.13. The number of hydrogen-bond acceptors (Lipinski definition) is 2. The first-order valence-electron chi connectivity index (χ1n) is 7.80. The van der Waals surface area contributed by atoms with Crippen LogP contribution in [0.25, 0.3) is 0 Å². The number of nitrogens with zero attached hydrogens (tertiary/aromatic N) is 1. The van der Waals surface area contributed by atoms with E-state index in [9.17, 15) is 4.39 Å². The van der Waals surface area contributed by atoms with Crippen molar-refractivity contribution in [1.29, 1.82) is 0 Å². The Morgan fingerprint density at radius 1 is 1.41 bits per heavy atom. The maximum Gasteiger partial charge on any atom is 0.168 e. The second-order valence-electron chi connectivity index (χ2n) is 5.68. The number of ether oxygens (including phenoxy) is 1. The lowest BCUT2D eigenvalue weighted by atomic mass is 10.2. The summed E-state index contributed by atoms with van der Waals surface area (Å²) >= 11 is 5.37. The summed E-state index contributed by atoms with van der Waals surface area (Å²) in [5, 5.41) is 3.99. The first-order chi connectivity index (χ1) is 10.6. The van der Waals surface area contributed by atoms with E-state index in [2.05, 4.69) is 5.32 Å². The van der Waals surface area contributed by atoms with Gasteiger partial charge in [-0.25, -0.2) is 4.39 Å². The Bertz CT molecular complexity index is 480. The number of hydrogen-bond donors (Lipinski definition) is 2. The van der Waals surface area contributed by atoms with Crippen LogP contribution in [-0.2, 0) is 11.3 Å². The Kier molecular flexibility index (Phi) is 7.02. The van der Waals surface area contributed by atoms with E-state index in [1.54, 1.807) is 17.0 Å². The molecule has 122 valence electrons. The molecule has 0 aliphatic carbocycles. The molecule has 0 aromatic heterocycles. The van der Waals surface area contributed by atoms with Crippen LogP contribution in [0.1, 0.15) is 12.0 Å². The lowest BCUT2D eigenvalue weighted by Gasteiger charge is -2.24. The van der Waals surface area contributed by atoms with Crippen molar-refractivity contribution < 1.29 is 14.0 Å². The van der Waals surface area contributed by atoms with Gasteiger partial charge in [0.15, 0.2) is 5.11 Å². The molecule has 2 N–H and O–H groups in total. The van der Waals surface area contributed by atoms with Crippen LogP contribution in [0.15, 0.2) is 24.3 Å². The van der Waals surface area contributed by atoms with Gasteiger partial charge in [-0.15, -0.1) is 0 Å². The standard InChI is InChI=1S/C16H24FN3OS/c1-19(13-14-4-2-5-15(17)12-14)16(22)18-6-3-7-20-8-10-21-11-9-20/h2,4-5,12H,3,6-11,13H2,1H3,(H,18,22)/p+1. The molecule has 0 bridgehead atoms. The zero-order valence-electron chi connectivity index (χ0n) is 13.1. The van der Waals surface area contributed by atoms with Crippen LogP contribution in [0.4, 0.5) is 4.39 Å². The molecule has 0 atom stereocenters. The van der Waals surface area contributed by atoms with E-state index >= 15 is 0 Å². The van der Waals surface area contributed by atoms with Gasteiger partial charge in [-0.3, -0.25) is 0 Å². The molecule has 0 saturated carbocycles. The van der Waals surface area contributed by atoms with Gasteiger partial charge >= 0.3 is 0 Å². The Labute approximate surface area is 137 Å². The average molecular weight is 326 g/mol. The van der Waals surface area contributed by atoms with Crippen molar-refractivity contribution in [3.63, 3.8) is 0 Å². The lowest BCUT2D eigenvalue weighted by molar-refractivity contribution is -0.908. The van der Waals surface area contributed by atoms with Crippen LogP contribution in [0.3, 0.4) is 0 Å². The van der Waals surface area contributed by atoms with Gasteiger partial charge in [-0.1, -0.05) is 12.1 Å². The van der Waals surface area contributed by atoms with Gasteiger partial charge in [-0.2, -0.15) is 0 Å². The van der Waals surface area contributed by atoms with Crippen LogP contribution in [-0.4, -0.2) is 56.5 Å². The van der Waals surface area contributed by atoms with Crippen molar-refractivity contribution >= 4 is 17.3 Å².